The van der Waals surface area contributed by atoms with Crippen molar-refractivity contribution in [3.05, 3.63) is 42.0 Å². The third kappa shape index (κ3) is 3.70. The van der Waals surface area contributed by atoms with Crippen LogP contribution in [0.1, 0.15) is 44.6 Å². The Kier molecular flexibility index (Phi) is 4.80. The fourth-order valence-corrected chi connectivity index (χ4v) is 2.08. The van der Waals surface area contributed by atoms with Crippen LogP contribution in [-0.4, -0.2) is 20.9 Å². The summed E-state index contributed by atoms with van der Waals surface area (Å²) in [7, 11) is 0. The number of nitrogens with zero attached hydrogens (tertiary/aromatic N) is 3. The highest BCUT2D eigenvalue weighted by molar-refractivity contribution is 5.10. The van der Waals surface area contributed by atoms with Gasteiger partial charge in [0.05, 0.1) is 12.2 Å². The lowest BCUT2D eigenvalue weighted by atomic mass is 10.3. The van der Waals surface area contributed by atoms with E-state index in [-0.39, 0.29) is 0 Å². The van der Waals surface area contributed by atoms with Gasteiger partial charge >= 0.3 is 0 Å². The van der Waals surface area contributed by atoms with Crippen LogP contribution in [0.3, 0.4) is 0 Å². The smallest absolute Gasteiger partial charge is 0.0821 e. The van der Waals surface area contributed by atoms with Gasteiger partial charge in [-0.25, -0.2) is 0 Å². The van der Waals surface area contributed by atoms with E-state index in [1.165, 1.54) is 12.1 Å². The number of hydrogen-bond donors (Lipinski definition) is 1. The van der Waals surface area contributed by atoms with Crippen LogP contribution in [0.4, 0.5) is 0 Å². The second kappa shape index (κ2) is 6.57. The van der Waals surface area contributed by atoms with Crippen molar-refractivity contribution >= 4 is 0 Å². The standard InChI is InChI=1S/C15H24N4/c1-4-8-16-11-15-6-5-9-18(15)12-14-7-10-19(17-14)13(2)3/h5-7,9-10,13,16H,4,8,11-12H2,1-3H3. The largest absolute Gasteiger partial charge is 0.344 e. The molecule has 0 amide bonds. The highest BCUT2D eigenvalue weighted by atomic mass is 15.3. The number of hydrogen-bond acceptors (Lipinski definition) is 2. The Morgan fingerprint density at radius 1 is 1.26 bits per heavy atom. The van der Waals surface area contributed by atoms with Gasteiger partial charge in [-0.05, 0) is 45.0 Å². The number of nitrogens with one attached hydrogen (secondary N) is 1. The van der Waals surface area contributed by atoms with E-state index >= 15 is 0 Å². The summed E-state index contributed by atoms with van der Waals surface area (Å²) >= 11 is 0. The minimum Gasteiger partial charge on any atom is -0.344 e. The van der Waals surface area contributed by atoms with Crippen molar-refractivity contribution in [3.8, 4) is 0 Å². The average molecular weight is 260 g/mol. The molecule has 4 heteroatoms. The van der Waals surface area contributed by atoms with Crippen molar-refractivity contribution in [1.82, 2.24) is 19.7 Å². The van der Waals surface area contributed by atoms with Crippen LogP contribution in [-0.2, 0) is 13.1 Å². The van der Waals surface area contributed by atoms with Crippen molar-refractivity contribution < 1.29 is 0 Å². The monoisotopic (exact) mass is 260 g/mol. The molecule has 2 aromatic rings. The molecule has 0 aromatic carbocycles. The Morgan fingerprint density at radius 2 is 2.11 bits per heavy atom. The lowest BCUT2D eigenvalue weighted by molar-refractivity contribution is 0.522. The molecule has 0 saturated heterocycles. The maximum absolute atomic E-state index is 4.60. The van der Waals surface area contributed by atoms with Gasteiger partial charge in [0.1, 0.15) is 0 Å². The molecular formula is C15H24N4. The molecule has 0 radical (unpaired) electrons. The summed E-state index contributed by atoms with van der Waals surface area (Å²) < 4.78 is 4.27. The first-order valence-electron chi connectivity index (χ1n) is 7.09. The zero-order chi connectivity index (χ0) is 13.7. The first kappa shape index (κ1) is 13.9. The fourth-order valence-electron chi connectivity index (χ4n) is 2.08. The van der Waals surface area contributed by atoms with Crippen molar-refractivity contribution in [3.63, 3.8) is 0 Å². The van der Waals surface area contributed by atoms with Crippen LogP contribution in [0.5, 0.6) is 0 Å². The van der Waals surface area contributed by atoms with Gasteiger partial charge in [0, 0.05) is 30.7 Å². The molecule has 2 aromatic heterocycles. The molecule has 0 fully saturated rings. The summed E-state index contributed by atoms with van der Waals surface area (Å²) in [6, 6.07) is 6.79. The lowest BCUT2D eigenvalue weighted by Gasteiger charge is -2.09. The van der Waals surface area contributed by atoms with Crippen LogP contribution < -0.4 is 5.32 Å². The van der Waals surface area contributed by atoms with E-state index in [0.29, 0.717) is 6.04 Å². The van der Waals surface area contributed by atoms with E-state index in [1.807, 2.05) is 4.68 Å². The number of aromatic nitrogens is 3. The zero-order valence-electron chi connectivity index (χ0n) is 12.1. The highest BCUT2D eigenvalue weighted by Gasteiger charge is 2.05. The molecule has 0 aliphatic rings. The Morgan fingerprint density at radius 3 is 2.79 bits per heavy atom. The zero-order valence-corrected chi connectivity index (χ0v) is 12.1. The third-order valence-corrected chi connectivity index (χ3v) is 3.18. The minimum absolute atomic E-state index is 0.420. The van der Waals surface area contributed by atoms with Gasteiger partial charge in [-0.3, -0.25) is 4.68 Å². The number of rotatable bonds is 7. The van der Waals surface area contributed by atoms with Gasteiger partial charge in [0.2, 0.25) is 0 Å². The summed E-state index contributed by atoms with van der Waals surface area (Å²) in [4.78, 5) is 0. The molecule has 0 spiro atoms. The first-order valence-corrected chi connectivity index (χ1v) is 7.09. The summed E-state index contributed by atoms with van der Waals surface area (Å²) in [5, 5.41) is 8.04. The molecule has 2 heterocycles. The summed E-state index contributed by atoms with van der Waals surface area (Å²) in [6.45, 7) is 9.30. The Hall–Kier alpha value is -1.55. The lowest BCUT2D eigenvalue weighted by Crippen LogP contribution is -2.17. The van der Waals surface area contributed by atoms with Crippen molar-refractivity contribution in [2.24, 2.45) is 0 Å². The second-order valence-electron chi connectivity index (χ2n) is 5.19. The molecule has 0 aliphatic heterocycles. The molecule has 0 saturated carbocycles. The van der Waals surface area contributed by atoms with E-state index in [0.717, 1.165) is 25.3 Å². The van der Waals surface area contributed by atoms with E-state index in [4.69, 9.17) is 0 Å². The van der Waals surface area contributed by atoms with Gasteiger partial charge in [-0.2, -0.15) is 5.10 Å². The molecule has 2 rings (SSSR count). The van der Waals surface area contributed by atoms with Crippen LogP contribution in [0.2, 0.25) is 0 Å². The van der Waals surface area contributed by atoms with Crippen molar-refractivity contribution in [2.45, 2.75) is 46.3 Å². The van der Waals surface area contributed by atoms with Gasteiger partial charge in [0.15, 0.2) is 0 Å². The summed E-state index contributed by atoms with van der Waals surface area (Å²) in [5.74, 6) is 0. The molecule has 104 valence electrons. The van der Waals surface area contributed by atoms with Gasteiger partial charge in [-0.1, -0.05) is 6.92 Å². The molecule has 0 aliphatic carbocycles. The Balaban J connectivity index is 2.00. The van der Waals surface area contributed by atoms with E-state index in [9.17, 15) is 0 Å². The maximum Gasteiger partial charge on any atom is 0.0821 e. The maximum atomic E-state index is 4.60. The van der Waals surface area contributed by atoms with Gasteiger partial charge in [0.25, 0.3) is 0 Å². The molecule has 0 atom stereocenters. The predicted molar refractivity (Wildman–Crippen MR) is 78.1 cm³/mol. The van der Waals surface area contributed by atoms with Crippen molar-refractivity contribution in [2.75, 3.05) is 6.54 Å². The molecular weight excluding hydrogens is 236 g/mol. The molecule has 0 bridgehead atoms. The highest BCUT2D eigenvalue weighted by Crippen LogP contribution is 2.09. The molecule has 1 N–H and O–H groups in total. The molecule has 19 heavy (non-hydrogen) atoms. The molecule has 4 nitrogen and oxygen atoms in total. The Labute approximate surface area is 115 Å². The predicted octanol–water partition coefficient (Wildman–Crippen LogP) is 2.81. The van der Waals surface area contributed by atoms with Crippen LogP contribution in [0.15, 0.2) is 30.6 Å². The van der Waals surface area contributed by atoms with E-state index in [1.54, 1.807) is 0 Å². The minimum atomic E-state index is 0.420. The first-order chi connectivity index (χ1) is 9.20. The second-order valence-corrected chi connectivity index (χ2v) is 5.19. The van der Waals surface area contributed by atoms with Gasteiger partial charge in [-0.15, -0.1) is 0 Å². The Bertz CT molecular complexity index is 496. The topological polar surface area (TPSA) is 34.8 Å². The molecule has 0 unspecified atom stereocenters. The summed E-state index contributed by atoms with van der Waals surface area (Å²) in [5.41, 5.74) is 2.43. The normalized spacial score (nSPS) is 11.4. The average Bonchev–Trinajstić information content (AvgIpc) is 3.00. The summed E-state index contributed by atoms with van der Waals surface area (Å²) in [6.07, 6.45) is 5.34. The van der Waals surface area contributed by atoms with E-state index in [2.05, 4.69) is 66.3 Å². The van der Waals surface area contributed by atoms with E-state index < -0.39 is 0 Å². The van der Waals surface area contributed by atoms with Gasteiger partial charge < -0.3 is 9.88 Å². The van der Waals surface area contributed by atoms with Crippen molar-refractivity contribution in [1.29, 1.82) is 0 Å². The van der Waals surface area contributed by atoms with Crippen LogP contribution in [0, 0.1) is 0 Å². The van der Waals surface area contributed by atoms with Crippen LogP contribution >= 0.6 is 0 Å². The SMILES string of the molecule is CCCNCc1cccn1Cc1ccn(C(C)C)n1. The fraction of sp³-hybridized carbons (Fsp3) is 0.533. The third-order valence-electron chi connectivity index (χ3n) is 3.18. The van der Waals surface area contributed by atoms with Crippen LogP contribution in [0.25, 0.3) is 0 Å². The quantitative estimate of drug-likeness (QED) is 0.777.